The van der Waals surface area contributed by atoms with Crippen molar-refractivity contribution in [3.8, 4) is 0 Å². The number of hydrogen-bond acceptors (Lipinski definition) is 4. The maximum absolute atomic E-state index is 6.03. The summed E-state index contributed by atoms with van der Waals surface area (Å²) in [5.41, 5.74) is 7.22. The molecule has 1 saturated carbocycles. The lowest BCUT2D eigenvalue weighted by Crippen LogP contribution is -2.19. The Morgan fingerprint density at radius 3 is 3.08 bits per heavy atom. The predicted octanol–water partition coefficient (Wildman–Crippen LogP) is 1.17. The minimum atomic E-state index is -0.242. The van der Waals surface area contributed by atoms with Crippen molar-refractivity contribution in [1.29, 1.82) is 0 Å². The molecule has 2 aromatic rings. The van der Waals surface area contributed by atoms with Crippen molar-refractivity contribution in [3.05, 3.63) is 24.0 Å². The van der Waals surface area contributed by atoms with Gasteiger partial charge in [-0.2, -0.15) is 0 Å². The highest BCUT2D eigenvalue weighted by Crippen LogP contribution is 2.44. The lowest BCUT2D eigenvalue weighted by molar-refractivity contribution is 0.428. The second-order valence-electron chi connectivity index (χ2n) is 3.54. The topological polar surface area (TPSA) is 64.9 Å². The van der Waals surface area contributed by atoms with Gasteiger partial charge in [-0.05, 0) is 25.0 Å². The molecule has 1 aliphatic rings. The summed E-state index contributed by atoms with van der Waals surface area (Å²) in [7, 11) is 0. The Kier molecular flexibility index (Phi) is 1.13. The molecule has 1 fully saturated rings. The minimum absolute atomic E-state index is 0.242. The molecule has 1 aliphatic carbocycles. The molecule has 0 atom stereocenters. The van der Waals surface area contributed by atoms with E-state index >= 15 is 0 Å². The molecule has 0 aliphatic heterocycles. The van der Waals surface area contributed by atoms with Gasteiger partial charge in [0.15, 0.2) is 0 Å². The average Bonchev–Trinajstić information content (AvgIpc) is 2.76. The number of nitrogens with zero attached hydrogens (tertiary/aromatic N) is 2. The van der Waals surface area contributed by atoms with E-state index in [1.807, 2.05) is 12.1 Å². The van der Waals surface area contributed by atoms with Crippen molar-refractivity contribution in [3.63, 3.8) is 0 Å². The Bertz CT molecular complexity index is 459. The van der Waals surface area contributed by atoms with Gasteiger partial charge in [0.05, 0.1) is 10.9 Å². The molecule has 0 unspecified atom stereocenters. The third-order valence-corrected chi connectivity index (χ3v) is 2.51. The van der Waals surface area contributed by atoms with E-state index in [2.05, 4.69) is 10.1 Å². The SMILES string of the molecule is NC1(c2noc3ncccc23)CC1. The first-order valence-corrected chi connectivity index (χ1v) is 4.29. The molecule has 2 heterocycles. The highest BCUT2D eigenvalue weighted by atomic mass is 16.5. The van der Waals surface area contributed by atoms with Crippen molar-refractivity contribution < 1.29 is 4.52 Å². The summed E-state index contributed by atoms with van der Waals surface area (Å²) in [6, 6.07) is 3.82. The van der Waals surface area contributed by atoms with Crippen LogP contribution in [0.3, 0.4) is 0 Å². The van der Waals surface area contributed by atoms with E-state index in [1.165, 1.54) is 0 Å². The lowest BCUT2D eigenvalue weighted by atomic mass is 10.1. The molecule has 3 rings (SSSR count). The first kappa shape index (κ1) is 7.03. The first-order chi connectivity index (χ1) is 6.30. The molecule has 2 aromatic heterocycles. The molecule has 0 saturated heterocycles. The summed E-state index contributed by atoms with van der Waals surface area (Å²) in [4.78, 5) is 4.06. The fourth-order valence-electron chi connectivity index (χ4n) is 1.51. The van der Waals surface area contributed by atoms with E-state index in [1.54, 1.807) is 6.20 Å². The quantitative estimate of drug-likeness (QED) is 0.706. The van der Waals surface area contributed by atoms with Gasteiger partial charge in [-0.3, -0.25) is 0 Å². The molecule has 66 valence electrons. The van der Waals surface area contributed by atoms with Crippen LogP contribution >= 0.6 is 0 Å². The Hall–Kier alpha value is -1.42. The number of hydrogen-bond donors (Lipinski definition) is 1. The number of pyridine rings is 1. The third kappa shape index (κ3) is 0.890. The van der Waals surface area contributed by atoms with E-state index in [-0.39, 0.29) is 5.54 Å². The van der Waals surface area contributed by atoms with Gasteiger partial charge in [0, 0.05) is 6.20 Å². The van der Waals surface area contributed by atoms with Crippen LogP contribution in [0.5, 0.6) is 0 Å². The molecular weight excluding hydrogens is 166 g/mol. The smallest absolute Gasteiger partial charge is 0.257 e. The van der Waals surface area contributed by atoms with Crippen LogP contribution < -0.4 is 5.73 Å². The first-order valence-electron chi connectivity index (χ1n) is 4.29. The van der Waals surface area contributed by atoms with Crippen LogP contribution in [0.2, 0.25) is 0 Å². The third-order valence-electron chi connectivity index (χ3n) is 2.51. The van der Waals surface area contributed by atoms with Crippen molar-refractivity contribution in [2.75, 3.05) is 0 Å². The molecule has 0 aromatic carbocycles. The summed E-state index contributed by atoms with van der Waals surface area (Å²) < 4.78 is 5.07. The van der Waals surface area contributed by atoms with Crippen LogP contribution in [-0.2, 0) is 5.54 Å². The molecular formula is C9H9N3O. The van der Waals surface area contributed by atoms with Gasteiger partial charge in [0.2, 0.25) is 0 Å². The van der Waals surface area contributed by atoms with Crippen LogP contribution in [0.1, 0.15) is 18.5 Å². The highest BCUT2D eigenvalue weighted by molar-refractivity contribution is 5.77. The van der Waals surface area contributed by atoms with Crippen LogP contribution in [-0.4, -0.2) is 10.1 Å². The van der Waals surface area contributed by atoms with Crippen LogP contribution in [0.4, 0.5) is 0 Å². The van der Waals surface area contributed by atoms with Gasteiger partial charge < -0.3 is 10.3 Å². The second-order valence-corrected chi connectivity index (χ2v) is 3.54. The van der Waals surface area contributed by atoms with E-state index in [0.29, 0.717) is 5.71 Å². The molecule has 4 nitrogen and oxygen atoms in total. The van der Waals surface area contributed by atoms with Gasteiger partial charge in [0.25, 0.3) is 5.71 Å². The van der Waals surface area contributed by atoms with Gasteiger partial charge >= 0.3 is 0 Å². The molecule has 2 N–H and O–H groups in total. The molecule has 4 heteroatoms. The van der Waals surface area contributed by atoms with E-state index < -0.39 is 0 Å². The zero-order valence-electron chi connectivity index (χ0n) is 7.03. The van der Waals surface area contributed by atoms with Gasteiger partial charge in [-0.1, -0.05) is 5.16 Å². The van der Waals surface area contributed by atoms with Crippen LogP contribution in [0.15, 0.2) is 22.9 Å². The average molecular weight is 175 g/mol. The van der Waals surface area contributed by atoms with Crippen molar-refractivity contribution in [2.45, 2.75) is 18.4 Å². The largest absolute Gasteiger partial charge is 0.335 e. The number of nitrogens with two attached hydrogens (primary N) is 1. The number of aromatic nitrogens is 2. The summed E-state index contributed by atoms with van der Waals surface area (Å²) in [5.74, 6) is 0. The molecule has 0 amide bonds. The zero-order valence-corrected chi connectivity index (χ0v) is 7.03. The normalized spacial score (nSPS) is 19.2. The number of fused-ring (bicyclic) bond motifs is 1. The fraction of sp³-hybridized carbons (Fsp3) is 0.333. The fourth-order valence-corrected chi connectivity index (χ4v) is 1.51. The van der Waals surface area contributed by atoms with Gasteiger partial charge in [-0.15, -0.1) is 0 Å². The van der Waals surface area contributed by atoms with E-state index in [9.17, 15) is 0 Å². The van der Waals surface area contributed by atoms with Gasteiger partial charge in [0.1, 0.15) is 5.69 Å². The molecule has 0 spiro atoms. The molecule has 0 bridgehead atoms. The van der Waals surface area contributed by atoms with Crippen LogP contribution in [0, 0.1) is 0 Å². The Labute approximate surface area is 74.7 Å². The summed E-state index contributed by atoms with van der Waals surface area (Å²) in [6.07, 6.45) is 3.67. The van der Waals surface area contributed by atoms with Crippen molar-refractivity contribution in [1.82, 2.24) is 10.1 Å². The minimum Gasteiger partial charge on any atom is -0.335 e. The van der Waals surface area contributed by atoms with Crippen molar-refractivity contribution in [2.24, 2.45) is 5.73 Å². The van der Waals surface area contributed by atoms with Gasteiger partial charge in [-0.25, -0.2) is 4.98 Å². The Morgan fingerprint density at radius 1 is 1.46 bits per heavy atom. The summed E-state index contributed by atoms with van der Waals surface area (Å²) >= 11 is 0. The van der Waals surface area contributed by atoms with Crippen molar-refractivity contribution >= 4 is 11.1 Å². The second kappa shape index (κ2) is 2.09. The summed E-state index contributed by atoms with van der Waals surface area (Å²) in [5, 5.41) is 4.91. The maximum atomic E-state index is 6.03. The van der Waals surface area contributed by atoms with E-state index in [4.69, 9.17) is 10.3 Å². The zero-order chi connectivity index (χ0) is 8.89. The Morgan fingerprint density at radius 2 is 2.31 bits per heavy atom. The molecule has 0 radical (unpaired) electrons. The lowest BCUT2D eigenvalue weighted by Gasteiger charge is -2.01. The standard InChI is InChI=1S/C9H9N3O/c10-9(3-4-9)7-6-2-1-5-11-8(6)13-12-7/h1-2,5H,3-4,10H2. The monoisotopic (exact) mass is 175 g/mol. The predicted molar refractivity (Wildman–Crippen MR) is 46.9 cm³/mol. The summed E-state index contributed by atoms with van der Waals surface area (Å²) in [6.45, 7) is 0. The van der Waals surface area contributed by atoms with E-state index in [0.717, 1.165) is 23.9 Å². The Balaban J connectivity index is 2.30. The molecule has 13 heavy (non-hydrogen) atoms. The maximum Gasteiger partial charge on any atom is 0.257 e. The number of rotatable bonds is 1. The highest BCUT2D eigenvalue weighted by Gasteiger charge is 2.44. The van der Waals surface area contributed by atoms with Crippen LogP contribution in [0.25, 0.3) is 11.1 Å².